The third-order valence-electron chi connectivity index (χ3n) is 8.21. The van der Waals surface area contributed by atoms with Gasteiger partial charge in [-0.25, -0.2) is 0 Å². The number of aromatic amines is 1. The van der Waals surface area contributed by atoms with Crippen LogP contribution in [0.4, 0.5) is 0 Å². The smallest absolute Gasteiger partial charge is 0.237 e. The number of carbonyl (C=O) groups excluding carboxylic acids is 1. The number of benzene rings is 3. The Morgan fingerprint density at radius 2 is 1.73 bits per heavy atom. The fourth-order valence-electron chi connectivity index (χ4n) is 5.84. The summed E-state index contributed by atoms with van der Waals surface area (Å²) < 4.78 is 2.23. The summed E-state index contributed by atoms with van der Waals surface area (Å²) in [6.45, 7) is 3.70. The number of H-pyrrole nitrogens is 1. The van der Waals surface area contributed by atoms with E-state index in [-0.39, 0.29) is 18.0 Å². The number of hydrogen-bond acceptors (Lipinski definition) is 4. The topological polar surface area (TPSA) is 87.6 Å². The van der Waals surface area contributed by atoms with Gasteiger partial charge in [0.2, 0.25) is 5.91 Å². The van der Waals surface area contributed by atoms with Crippen molar-refractivity contribution in [3.63, 3.8) is 0 Å². The third-order valence-corrected chi connectivity index (χ3v) is 8.21. The number of para-hydroxylation sites is 1. The highest BCUT2D eigenvalue weighted by atomic mass is 16.2. The van der Waals surface area contributed by atoms with Crippen molar-refractivity contribution < 1.29 is 4.79 Å². The number of aryl methyl sites for hydroxylation is 3. The average Bonchev–Trinajstić information content (AvgIpc) is 3.78. The Bertz CT molecular complexity index is 1580. The second-order valence-electron chi connectivity index (χ2n) is 11.0. The molecule has 1 amide bonds. The van der Waals surface area contributed by atoms with Gasteiger partial charge in [0, 0.05) is 29.9 Å². The molecule has 0 bridgehead atoms. The van der Waals surface area contributed by atoms with E-state index < -0.39 is 0 Å². The molecule has 2 aromatic heterocycles. The summed E-state index contributed by atoms with van der Waals surface area (Å²) in [5, 5.41) is 17.4. The maximum Gasteiger partial charge on any atom is 0.237 e. The van der Waals surface area contributed by atoms with Gasteiger partial charge in [0.15, 0.2) is 5.82 Å². The minimum atomic E-state index is -0.322. The molecule has 7 nitrogen and oxygen atoms in total. The number of nitrogens with one attached hydrogen (secondary N) is 3. The van der Waals surface area contributed by atoms with Gasteiger partial charge in [0.1, 0.15) is 5.82 Å². The van der Waals surface area contributed by atoms with Crippen LogP contribution in [0.1, 0.15) is 59.7 Å². The van der Waals surface area contributed by atoms with Crippen LogP contribution in [0.5, 0.6) is 0 Å². The number of aromatic nitrogens is 4. The molecule has 6 rings (SSSR count). The largest absolute Gasteiger partial charge is 0.361 e. The highest BCUT2D eigenvalue weighted by molar-refractivity contribution is 5.84. The van der Waals surface area contributed by atoms with Crippen molar-refractivity contribution in [2.75, 3.05) is 6.54 Å². The van der Waals surface area contributed by atoms with E-state index in [9.17, 15) is 4.79 Å². The molecule has 2 atom stereocenters. The summed E-state index contributed by atoms with van der Waals surface area (Å²) in [7, 11) is 0. The Labute approximate surface area is 241 Å². The summed E-state index contributed by atoms with van der Waals surface area (Å²) in [6.07, 6.45) is 7.19. The maximum absolute atomic E-state index is 13.4. The van der Waals surface area contributed by atoms with E-state index in [1.807, 2.05) is 12.1 Å². The highest BCUT2D eigenvalue weighted by Gasteiger charge is 2.29. The molecule has 1 aliphatic heterocycles. The molecule has 3 N–H and O–H groups in total. The SMILES string of the molecule is CCc1ccc(Cn2c(CCc3ccccc3)nnc2C(Cc2c[nH]c3ccccc23)NC(=O)[C@@H]2CCCN2)cc1. The van der Waals surface area contributed by atoms with Crippen molar-refractivity contribution >= 4 is 16.8 Å². The zero-order chi connectivity index (χ0) is 28.0. The van der Waals surface area contributed by atoms with E-state index in [0.717, 1.165) is 66.8 Å². The van der Waals surface area contributed by atoms with Crippen LogP contribution in [0, 0.1) is 0 Å². The number of hydrogen-bond donors (Lipinski definition) is 3. The van der Waals surface area contributed by atoms with Crippen LogP contribution >= 0.6 is 0 Å². The van der Waals surface area contributed by atoms with Crippen LogP contribution in [0.2, 0.25) is 0 Å². The number of fused-ring (bicyclic) bond motifs is 1. The van der Waals surface area contributed by atoms with Gasteiger partial charge in [-0.3, -0.25) is 4.79 Å². The lowest BCUT2D eigenvalue weighted by molar-refractivity contribution is -0.123. The molecule has 0 spiro atoms. The summed E-state index contributed by atoms with van der Waals surface area (Å²) in [4.78, 5) is 16.8. The molecular weight excluding hydrogens is 508 g/mol. The summed E-state index contributed by atoms with van der Waals surface area (Å²) in [5.41, 5.74) is 6.02. The van der Waals surface area contributed by atoms with E-state index in [2.05, 4.69) is 100 Å². The zero-order valence-electron chi connectivity index (χ0n) is 23.6. The first kappa shape index (κ1) is 27.0. The first-order chi connectivity index (χ1) is 20.2. The monoisotopic (exact) mass is 546 g/mol. The van der Waals surface area contributed by atoms with E-state index >= 15 is 0 Å². The Hall–Kier alpha value is -4.23. The third kappa shape index (κ3) is 6.25. The van der Waals surface area contributed by atoms with Gasteiger partial charge in [-0.15, -0.1) is 10.2 Å². The highest BCUT2D eigenvalue weighted by Crippen LogP contribution is 2.26. The second-order valence-corrected chi connectivity index (χ2v) is 11.0. The van der Waals surface area contributed by atoms with Crippen LogP contribution < -0.4 is 10.6 Å². The Kier molecular flexibility index (Phi) is 8.23. The van der Waals surface area contributed by atoms with Crippen molar-refractivity contribution in [1.29, 1.82) is 0 Å². The Morgan fingerprint density at radius 3 is 2.51 bits per heavy atom. The number of carbonyl (C=O) groups is 1. The van der Waals surface area contributed by atoms with Crippen LogP contribution in [-0.2, 0) is 37.0 Å². The predicted molar refractivity (Wildman–Crippen MR) is 163 cm³/mol. The van der Waals surface area contributed by atoms with E-state index in [1.54, 1.807) is 0 Å². The van der Waals surface area contributed by atoms with Crippen molar-refractivity contribution in [2.24, 2.45) is 0 Å². The van der Waals surface area contributed by atoms with Crippen LogP contribution in [0.25, 0.3) is 10.9 Å². The first-order valence-corrected chi connectivity index (χ1v) is 14.8. The molecule has 3 heterocycles. The number of rotatable bonds is 11. The molecule has 0 radical (unpaired) electrons. The van der Waals surface area contributed by atoms with Gasteiger partial charge < -0.3 is 20.2 Å². The zero-order valence-corrected chi connectivity index (χ0v) is 23.6. The van der Waals surface area contributed by atoms with Crippen molar-refractivity contribution in [1.82, 2.24) is 30.4 Å². The maximum atomic E-state index is 13.4. The molecule has 3 aromatic carbocycles. The van der Waals surface area contributed by atoms with Crippen LogP contribution in [-0.4, -0.2) is 38.2 Å². The first-order valence-electron chi connectivity index (χ1n) is 14.8. The van der Waals surface area contributed by atoms with E-state index in [4.69, 9.17) is 10.2 Å². The molecule has 7 heteroatoms. The molecule has 5 aromatic rings. The number of amides is 1. The van der Waals surface area contributed by atoms with Crippen LogP contribution in [0.3, 0.4) is 0 Å². The van der Waals surface area contributed by atoms with Gasteiger partial charge in [0.25, 0.3) is 0 Å². The molecule has 0 saturated carbocycles. The molecule has 41 heavy (non-hydrogen) atoms. The Balaban J connectivity index is 1.36. The standard InChI is InChI=1S/C34H38N6O/c1-2-24-14-16-26(17-15-24)23-40-32(19-18-25-9-4-3-5-10-25)38-39-33(40)31(37-34(41)30-13-8-20-35-30)21-27-22-36-29-12-7-6-11-28(27)29/h3-7,9-12,14-17,22,30-31,35-36H,2,8,13,18-21,23H2,1H3,(H,37,41)/t30-,31?/m0/s1. The van der Waals surface area contributed by atoms with Crippen molar-refractivity contribution in [3.05, 3.63) is 119 Å². The predicted octanol–water partition coefficient (Wildman–Crippen LogP) is 5.31. The van der Waals surface area contributed by atoms with Crippen LogP contribution in [0.15, 0.2) is 85.1 Å². The molecule has 0 aliphatic carbocycles. The molecular formula is C34H38N6O. The molecule has 1 unspecified atom stereocenters. The Morgan fingerprint density at radius 1 is 0.951 bits per heavy atom. The molecule has 1 aliphatic rings. The fourth-order valence-corrected chi connectivity index (χ4v) is 5.84. The van der Waals surface area contributed by atoms with Gasteiger partial charge in [-0.05, 0) is 60.5 Å². The quantitative estimate of drug-likeness (QED) is 0.210. The number of nitrogens with zero attached hydrogens (tertiary/aromatic N) is 3. The average molecular weight is 547 g/mol. The minimum absolute atomic E-state index is 0.0278. The minimum Gasteiger partial charge on any atom is -0.361 e. The molecule has 1 saturated heterocycles. The van der Waals surface area contributed by atoms with Crippen molar-refractivity contribution in [2.45, 2.75) is 64.1 Å². The van der Waals surface area contributed by atoms with Gasteiger partial charge in [-0.1, -0.05) is 79.7 Å². The normalized spacial score (nSPS) is 15.8. The lowest BCUT2D eigenvalue weighted by Crippen LogP contribution is -2.43. The van der Waals surface area contributed by atoms with E-state index in [0.29, 0.717) is 13.0 Å². The summed E-state index contributed by atoms with van der Waals surface area (Å²) >= 11 is 0. The summed E-state index contributed by atoms with van der Waals surface area (Å²) in [5.74, 6) is 1.75. The molecule has 210 valence electrons. The lowest BCUT2D eigenvalue weighted by atomic mass is 10.0. The fraction of sp³-hybridized carbons (Fsp3) is 0.324. The van der Waals surface area contributed by atoms with Gasteiger partial charge >= 0.3 is 0 Å². The molecule has 1 fully saturated rings. The van der Waals surface area contributed by atoms with Gasteiger partial charge in [-0.2, -0.15) is 0 Å². The second kappa shape index (κ2) is 12.5. The summed E-state index contributed by atoms with van der Waals surface area (Å²) in [6, 6.07) is 27.1. The van der Waals surface area contributed by atoms with Gasteiger partial charge in [0.05, 0.1) is 18.6 Å². The van der Waals surface area contributed by atoms with Crippen molar-refractivity contribution in [3.8, 4) is 0 Å². The van der Waals surface area contributed by atoms with E-state index in [1.165, 1.54) is 16.7 Å². The lowest BCUT2D eigenvalue weighted by Gasteiger charge is -2.22.